The smallest absolute Gasteiger partial charge is 0.251 e. The minimum absolute atomic E-state index is 0.115. The highest BCUT2D eigenvalue weighted by Gasteiger charge is 2.48. The van der Waals surface area contributed by atoms with E-state index in [-0.39, 0.29) is 25.6 Å². The van der Waals surface area contributed by atoms with E-state index in [2.05, 4.69) is 10.6 Å². The molecule has 1 saturated heterocycles. The first-order valence-corrected chi connectivity index (χ1v) is 9.22. The minimum atomic E-state index is -1.59. The van der Waals surface area contributed by atoms with Crippen molar-refractivity contribution in [2.45, 2.75) is 31.0 Å². The first-order chi connectivity index (χ1) is 13.4. The lowest BCUT2D eigenvalue weighted by atomic mass is 9.96. The van der Waals surface area contributed by atoms with Gasteiger partial charge in [-0.3, -0.25) is 10.1 Å². The number of rotatable bonds is 7. The molecule has 5 N–H and O–H groups in total. The van der Waals surface area contributed by atoms with Crippen LogP contribution in [0, 0.1) is 6.92 Å². The Hall–Kier alpha value is -2.29. The molecule has 1 unspecified atom stereocenters. The first kappa shape index (κ1) is 20.4. The van der Waals surface area contributed by atoms with Gasteiger partial charge in [0.25, 0.3) is 5.91 Å². The van der Waals surface area contributed by atoms with Crippen LogP contribution in [0.25, 0.3) is 0 Å². The summed E-state index contributed by atoms with van der Waals surface area (Å²) < 4.78 is 5.50. The molecule has 2 aromatic carbocycles. The van der Waals surface area contributed by atoms with E-state index in [9.17, 15) is 20.1 Å². The summed E-state index contributed by atoms with van der Waals surface area (Å²) in [5.41, 5.74) is 0.668. The van der Waals surface area contributed by atoms with Gasteiger partial charge in [-0.2, -0.15) is 0 Å². The zero-order valence-corrected chi connectivity index (χ0v) is 15.7. The summed E-state index contributed by atoms with van der Waals surface area (Å²) in [6, 6.07) is 16.1. The van der Waals surface area contributed by atoms with Crippen molar-refractivity contribution >= 4 is 5.91 Å². The van der Waals surface area contributed by atoms with Crippen LogP contribution in [0.15, 0.2) is 54.6 Å². The van der Waals surface area contributed by atoms with Crippen LogP contribution in [0.4, 0.5) is 0 Å². The van der Waals surface area contributed by atoms with E-state index in [0.717, 1.165) is 5.56 Å². The highest BCUT2D eigenvalue weighted by molar-refractivity contribution is 5.94. The lowest BCUT2D eigenvalue weighted by Crippen LogP contribution is -2.53. The number of hydrogen-bond acceptors (Lipinski definition) is 6. The molecule has 0 spiro atoms. The Balaban J connectivity index is 1.51. The number of aryl methyl sites for hydroxylation is 1. The Morgan fingerprint density at radius 3 is 2.57 bits per heavy atom. The van der Waals surface area contributed by atoms with Gasteiger partial charge in [-0.25, -0.2) is 0 Å². The van der Waals surface area contributed by atoms with Gasteiger partial charge < -0.3 is 25.4 Å². The second-order valence-corrected chi connectivity index (χ2v) is 7.17. The molecule has 0 aromatic heterocycles. The molecule has 1 amide bonds. The fraction of sp³-hybridized carbons (Fsp3) is 0.381. The maximum atomic E-state index is 12.1. The molecule has 28 heavy (non-hydrogen) atoms. The van der Waals surface area contributed by atoms with Gasteiger partial charge in [-0.05, 0) is 24.6 Å². The molecule has 7 heteroatoms. The number of aliphatic hydroxyl groups is 3. The van der Waals surface area contributed by atoms with E-state index in [1.165, 1.54) is 0 Å². The van der Waals surface area contributed by atoms with Gasteiger partial charge in [0.2, 0.25) is 0 Å². The molecule has 2 aromatic rings. The van der Waals surface area contributed by atoms with E-state index in [1.807, 2.05) is 37.3 Å². The average molecular weight is 386 g/mol. The van der Waals surface area contributed by atoms with Gasteiger partial charge in [0.15, 0.2) is 0 Å². The summed E-state index contributed by atoms with van der Waals surface area (Å²) >= 11 is 0. The van der Waals surface area contributed by atoms with Gasteiger partial charge in [0.1, 0.15) is 17.9 Å². The fourth-order valence-electron chi connectivity index (χ4n) is 3.12. The number of aliphatic hydroxyl groups excluding tert-OH is 2. The van der Waals surface area contributed by atoms with Crippen LogP contribution in [0.2, 0.25) is 0 Å². The third-order valence-corrected chi connectivity index (χ3v) is 4.95. The van der Waals surface area contributed by atoms with Crippen LogP contribution in [0.3, 0.4) is 0 Å². The number of benzene rings is 2. The normalized spacial score (nSPS) is 25.4. The molecule has 1 aliphatic heterocycles. The molecule has 1 fully saturated rings. The molecule has 0 radical (unpaired) electrons. The SMILES string of the molecule is Cc1ccc(C(O)NC[C@H]2OC[C@@](O)(CNC(=O)c3ccccc3)[C@@H]2O)cc1. The average Bonchev–Trinajstić information content (AvgIpc) is 3.00. The lowest BCUT2D eigenvalue weighted by Gasteiger charge is -2.27. The van der Waals surface area contributed by atoms with Crippen LogP contribution in [-0.2, 0) is 4.74 Å². The number of hydrogen-bond donors (Lipinski definition) is 5. The molecule has 1 aliphatic rings. The highest BCUT2D eigenvalue weighted by Crippen LogP contribution is 2.25. The standard InChI is InChI=1S/C21H26N2O5/c1-14-7-9-16(10-8-14)19(25)22-11-17-18(24)21(27,13-28-17)12-23-20(26)15-5-3-2-4-6-15/h2-10,17-19,22,24-25,27H,11-13H2,1H3,(H,23,26)/t17-,18-,19?,21+/m1/s1. The summed E-state index contributed by atoms with van der Waals surface area (Å²) in [5, 5.41) is 36.9. The predicted molar refractivity (Wildman–Crippen MR) is 104 cm³/mol. The molecule has 1 heterocycles. The molecular formula is C21H26N2O5. The van der Waals surface area contributed by atoms with E-state index < -0.39 is 24.0 Å². The Morgan fingerprint density at radius 1 is 1.21 bits per heavy atom. The number of nitrogens with one attached hydrogen (secondary N) is 2. The van der Waals surface area contributed by atoms with Crippen molar-refractivity contribution in [3.63, 3.8) is 0 Å². The second-order valence-electron chi connectivity index (χ2n) is 7.17. The maximum Gasteiger partial charge on any atom is 0.251 e. The molecule has 150 valence electrons. The van der Waals surface area contributed by atoms with E-state index in [4.69, 9.17) is 4.74 Å². The van der Waals surface area contributed by atoms with E-state index in [1.54, 1.807) is 24.3 Å². The van der Waals surface area contributed by atoms with Gasteiger partial charge in [-0.1, -0.05) is 48.0 Å². The quantitative estimate of drug-likeness (QED) is 0.443. The van der Waals surface area contributed by atoms with Gasteiger partial charge in [0, 0.05) is 12.1 Å². The van der Waals surface area contributed by atoms with Crippen molar-refractivity contribution in [3.8, 4) is 0 Å². The fourth-order valence-corrected chi connectivity index (χ4v) is 3.12. The third kappa shape index (κ3) is 4.76. The van der Waals surface area contributed by atoms with Crippen LogP contribution in [0.5, 0.6) is 0 Å². The highest BCUT2D eigenvalue weighted by atomic mass is 16.5. The summed E-state index contributed by atoms with van der Waals surface area (Å²) in [7, 11) is 0. The molecular weight excluding hydrogens is 360 g/mol. The number of ether oxygens (including phenoxy) is 1. The molecule has 0 aliphatic carbocycles. The monoisotopic (exact) mass is 386 g/mol. The molecule has 0 saturated carbocycles. The largest absolute Gasteiger partial charge is 0.387 e. The van der Waals surface area contributed by atoms with Gasteiger partial charge >= 0.3 is 0 Å². The van der Waals surface area contributed by atoms with Crippen LogP contribution in [-0.4, -0.2) is 58.7 Å². The van der Waals surface area contributed by atoms with Crippen LogP contribution in [0.1, 0.15) is 27.7 Å². The summed E-state index contributed by atoms with van der Waals surface area (Å²) in [6.07, 6.45) is -2.83. The summed E-state index contributed by atoms with van der Waals surface area (Å²) in [6.45, 7) is 1.85. The Kier molecular flexibility index (Phi) is 6.43. The number of amides is 1. The van der Waals surface area contributed by atoms with Gasteiger partial charge in [0.05, 0.1) is 19.3 Å². The van der Waals surface area contributed by atoms with Crippen molar-refractivity contribution in [1.82, 2.24) is 10.6 Å². The maximum absolute atomic E-state index is 12.1. The van der Waals surface area contributed by atoms with Crippen molar-refractivity contribution in [2.75, 3.05) is 19.7 Å². The van der Waals surface area contributed by atoms with Crippen molar-refractivity contribution < 1.29 is 24.9 Å². The van der Waals surface area contributed by atoms with Crippen molar-refractivity contribution in [3.05, 3.63) is 71.3 Å². The predicted octanol–water partition coefficient (Wildman–Crippen LogP) is 0.496. The summed E-state index contributed by atoms with van der Waals surface area (Å²) in [4.78, 5) is 12.1. The molecule has 3 rings (SSSR count). The molecule has 4 atom stereocenters. The Morgan fingerprint density at radius 2 is 1.89 bits per heavy atom. The lowest BCUT2D eigenvalue weighted by molar-refractivity contribution is -0.0477. The topological polar surface area (TPSA) is 111 Å². The van der Waals surface area contributed by atoms with Gasteiger partial charge in [-0.15, -0.1) is 0 Å². The van der Waals surface area contributed by atoms with E-state index >= 15 is 0 Å². The van der Waals surface area contributed by atoms with Crippen molar-refractivity contribution in [2.24, 2.45) is 0 Å². The zero-order chi connectivity index (χ0) is 20.1. The summed E-state index contributed by atoms with van der Waals surface area (Å²) in [5.74, 6) is -0.336. The van der Waals surface area contributed by atoms with Crippen LogP contribution < -0.4 is 10.6 Å². The van der Waals surface area contributed by atoms with Crippen LogP contribution >= 0.6 is 0 Å². The Labute approximate surface area is 164 Å². The van der Waals surface area contributed by atoms with E-state index in [0.29, 0.717) is 11.1 Å². The third-order valence-electron chi connectivity index (χ3n) is 4.95. The second kappa shape index (κ2) is 8.81. The Bertz CT molecular complexity index is 783. The van der Waals surface area contributed by atoms with Crippen molar-refractivity contribution in [1.29, 1.82) is 0 Å². The molecule has 0 bridgehead atoms. The number of carbonyl (C=O) groups is 1. The molecule has 7 nitrogen and oxygen atoms in total. The minimum Gasteiger partial charge on any atom is -0.387 e. The zero-order valence-electron chi connectivity index (χ0n) is 15.7. The first-order valence-electron chi connectivity index (χ1n) is 9.22. The number of carbonyl (C=O) groups excluding carboxylic acids is 1.